The minimum atomic E-state index is -0.383. The predicted molar refractivity (Wildman–Crippen MR) is 81.3 cm³/mol. The van der Waals surface area contributed by atoms with E-state index in [1.165, 1.54) is 12.1 Å². The maximum absolute atomic E-state index is 13.4. The molecule has 1 aromatic rings. The van der Waals surface area contributed by atoms with Gasteiger partial charge in [0.15, 0.2) is 0 Å². The van der Waals surface area contributed by atoms with Crippen molar-refractivity contribution in [3.8, 4) is 0 Å². The number of piperazine rings is 1. The molecule has 0 bridgehead atoms. The van der Waals surface area contributed by atoms with E-state index < -0.39 is 0 Å². The summed E-state index contributed by atoms with van der Waals surface area (Å²) in [6.07, 6.45) is 1.87. The molecule has 1 aliphatic rings. The number of carbonyl (C=O) groups excluding carboxylic acids is 1. The van der Waals surface area contributed by atoms with Gasteiger partial charge in [0.1, 0.15) is 5.82 Å². The molecule has 1 heterocycles. The number of nitrogens with one attached hydrogen (secondary N) is 1. The maximum Gasteiger partial charge on any atom is 0.255 e. The zero-order chi connectivity index (χ0) is 14.7. The molecule has 20 heavy (non-hydrogen) atoms. The maximum atomic E-state index is 13.4. The summed E-state index contributed by atoms with van der Waals surface area (Å²) in [4.78, 5) is 14.6. The highest BCUT2D eigenvalue weighted by atomic mass is 79.9. The molecule has 1 amide bonds. The van der Waals surface area contributed by atoms with Gasteiger partial charge >= 0.3 is 0 Å². The van der Waals surface area contributed by atoms with Crippen LogP contribution in [0.1, 0.15) is 37.0 Å². The normalized spacial score (nSPS) is 22.9. The molecule has 2 atom stereocenters. The average molecular weight is 343 g/mol. The van der Waals surface area contributed by atoms with E-state index in [0.717, 1.165) is 19.4 Å². The van der Waals surface area contributed by atoms with Gasteiger partial charge in [-0.1, -0.05) is 13.8 Å². The van der Waals surface area contributed by atoms with Crippen LogP contribution < -0.4 is 5.32 Å². The van der Waals surface area contributed by atoms with Gasteiger partial charge in [0.05, 0.1) is 5.56 Å². The van der Waals surface area contributed by atoms with E-state index in [4.69, 9.17) is 0 Å². The molecule has 3 nitrogen and oxygen atoms in total. The minimum absolute atomic E-state index is 0.0943. The lowest BCUT2D eigenvalue weighted by Crippen LogP contribution is -2.57. The second kappa shape index (κ2) is 6.68. The number of amides is 1. The summed E-state index contributed by atoms with van der Waals surface area (Å²) in [7, 11) is 0. The van der Waals surface area contributed by atoms with Crippen molar-refractivity contribution in [3.63, 3.8) is 0 Å². The molecular formula is C15H20BrFN2O. The second-order valence-corrected chi connectivity index (χ2v) is 6.01. The van der Waals surface area contributed by atoms with Crippen LogP contribution in [0.3, 0.4) is 0 Å². The van der Waals surface area contributed by atoms with Gasteiger partial charge in [-0.2, -0.15) is 0 Å². The summed E-state index contributed by atoms with van der Waals surface area (Å²) in [6.45, 7) is 5.65. The Labute approximate surface area is 127 Å². The van der Waals surface area contributed by atoms with Gasteiger partial charge in [-0.3, -0.25) is 4.79 Å². The molecule has 0 spiro atoms. The number of carbonyl (C=O) groups is 1. The highest BCUT2D eigenvalue weighted by Gasteiger charge is 2.31. The third kappa shape index (κ3) is 3.20. The second-order valence-electron chi connectivity index (χ2n) is 5.16. The summed E-state index contributed by atoms with van der Waals surface area (Å²) in [5, 5.41) is 3.45. The van der Waals surface area contributed by atoms with Gasteiger partial charge in [0.25, 0.3) is 5.91 Å². The highest BCUT2D eigenvalue weighted by molar-refractivity contribution is 9.10. The summed E-state index contributed by atoms with van der Waals surface area (Å²) < 4.78 is 14.0. The molecular weight excluding hydrogens is 323 g/mol. The third-order valence-corrected chi connectivity index (χ3v) is 4.58. The van der Waals surface area contributed by atoms with Crippen molar-refractivity contribution in [2.24, 2.45) is 0 Å². The van der Waals surface area contributed by atoms with Crippen molar-refractivity contribution < 1.29 is 9.18 Å². The Morgan fingerprint density at radius 1 is 1.45 bits per heavy atom. The smallest absolute Gasteiger partial charge is 0.255 e. The van der Waals surface area contributed by atoms with Gasteiger partial charge < -0.3 is 10.2 Å². The topological polar surface area (TPSA) is 32.3 Å². The van der Waals surface area contributed by atoms with Crippen molar-refractivity contribution in [2.45, 2.75) is 38.8 Å². The van der Waals surface area contributed by atoms with Crippen LogP contribution in [0.5, 0.6) is 0 Å². The molecule has 1 aliphatic heterocycles. The van der Waals surface area contributed by atoms with Crippen molar-refractivity contribution in [2.75, 3.05) is 13.1 Å². The van der Waals surface area contributed by atoms with Gasteiger partial charge in [0, 0.05) is 29.6 Å². The Morgan fingerprint density at radius 3 is 2.85 bits per heavy atom. The fraction of sp³-hybridized carbons (Fsp3) is 0.533. The standard InChI is InChI=1S/C15H20BrFN2O/c1-3-11-9-19(12(4-2)8-18-11)15(20)13-7-10(17)5-6-14(13)16/h5-7,11-12,18H,3-4,8-9H2,1-2H3. The van der Waals surface area contributed by atoms with E-state index >= 15 is 0 Å². The first-order chi connectivity index (χ1) is 9.56. The summed E-state index contributed by atoms with van der Waals surface area (Å²) in [5.41, 5.74) is 0.403. The third-order valence-electron chi connectivity index (χ3n) is 3.88. The molecule has 1 saturated heterocycles. The van der Waals surface area contributed by atoms with E-state index in [9.17, 15) is 9.18 Å². The molecule has 1 N–H and O–H groups in total. The Hall–Kier alpha value is -0.940. The van der Waals surface area contributed by atoms with Gasteiger partial charge in [-0.25, -0.2) is 4.39 Å². The number of rotatable bonds is 3. The van der Waals surface area contributed by atoms with E-state index in [0.29, 0.717) is 22.6 Å². The number of hydrogen-bond donors (Lipinski definition) is 1. The zero-order valence-corrected chi connectivity index (χ0v) is 13.4. The molecule has 0 aromatic heterocycles. The SMILES string of the molecule is CCC1CN(C(=O)c2cc(F)ccc2Br)C(CC)CN1. The van der Waals surface area contributed by atoms with E-state index in [2.05, 4.69) is 35.1 Å². The Morgan fingerprint density at radius 2 is 2.20 bits per heavy atom. The molecule has 2 unspecified atom stereocenters. The molecule has 0 radical (unpaired) electrons. The van der Waals surface area contributed by atoms with Crippen LogP contribution in [0.4, 0.5) is 4.39 Å². The van der Waals surface area contributed by atoms with Crippen LogP contribution >= 0.6 is 15.9 Å². The van der Waals surface area contributed by atoms with Crippen molar-refractivity contribution in [3.05, 3.63) is 34.1 Å². The van der Waals surface area contributed by atoms with E-state index in [1.54, 1.807) is 6.07 Å². The number of benzene rings is 1. The monoisotopic (exact) mass is 342 g/mol. The van der Waals surface area contributed by atoms with E-state index in [1.807, 2.05) is 4.90 Å². The fourth-order valence-electron chi connectivity index (χ4n) is 2.57. The van der Waals surface area contributed by atoms with Crippen LogP contribution in [-0.4, -0.2) is 36.0 Å². The minimum Gasteiger partial charge on any atom is -0.333 e. The molecule has 1 aromatic carbocycles. The molecule has 0 aliphatic carbocycles. The van der Waals surface area contributed by atoms with Crippen LogP contribution in [-0.2, 0) is 0 Å². The zero-order valence-electron chi connectivity index (χ0n) is 11.8. The van der Waals surface area contributed by atoms with Crippen LogP contribution in [0.25, 0.3) is 0 Å². The van der Waals surface area contributed by atoms with Crippen molar-refractivity contribution in [1.29, 1.82) is 0 Å². The lowest BCUT2D eigenvalue weighted by Gasteiger charge is -2.40. The van der Waals surface area contributed by atoms with E-state index in [-0.39, 0.29) is 17.8 Å². The molecule has 2 rings (SSSR count). The summed E-state index contributed by atoms with van der Waals surface area (Å²) in [5.74, 6) is -0.477. The predicted octanol–water partition coefficient (Wildman–Crippen LogP) is 3.19. The fourth-order valence-corrected chi connectivity index (χ4v) is 2.98. The lowest BCUT2D eigenvalue weighted by molar-refractivity contribution is 0.0574. The first-order valence-electron chi connectivity index (χ1n) is 7.06. The van der Waals surface area contributed by atoms with Gasteiger partial charge in [0.2, 0.25) is 0 Å². The quantitative estimate of drug-likeness (QED) is 0.914. The highest BCUT2D eigenvalue weighted by Crippen LogP contribution is 2.22. The number of halogens is 2. The number of hydrogen-bond acceptors (Lipinski definition) is 2. The van der Waals surface area contributed by atoms with Crippen LogP contribution in [0, 0.1) is 5.82 Å². The Bertz CT molecular complexity index is 495. The Balaban J connectivity index is 2.26. The van der Waals surface area contributed by atoms with Crippen molar-refractivity contribution in [1.82, 2.24) is 10.2 Å². The van der Waals surface area contributed by atoms with Crippen LogP contribution in [0.15, 0.2) is 22.7 Å². The van der Waals surface area contributed by atoms with Gasteiger partial charge in [-0.05, 0) is 47.0 Å². The summed E-state index contributed by atoms with van der Waals surface area (Å²) in [6, 6.07) is 4.73. The summed E-state index contributed by atoms with van der Waals surface area (Å²) >= 11 is 3.34. The molecule has 5 heteroatoms. The van der Waals surface area contributed by atoms with Crippen molar-refractivity contribution >= 4 is 21.8 Å². The largest absolute Gasteiger partial charge is 0.333 e. The first-order valence-corrected chi connectivity index (χ1v) is 7.85. The molecule has 0 saturated carbocycles. The molecule has 1 fully saturated rings. The lowest BCUT2D eigenvalue weighted by atomic mass is 10.0. The average Bonchev–Trinajstić information content (AvgIpc) is 2.48. The Kier molecular flexibility index (Phi) is 5.16. The first kappa shape index (κ1) is 15.4. The van der Waals surface area contributed by atoms with Crippen LogP contribution in [0.2, 0.25) is 0 Å². The van der Waals surface area contributed by atoms with Gasteiger partial charge in [-0.15, -0.1) is 0 Å². The molecule has 110 valence electrons. The number of nitrogens with zero attached hydrogens (tertiary/aromatic N) is 1.